The van der Waals surface area contributed by atoms with E-state index in [0.717, 1.165) is 44.4 Å². The van der Waals surface area contributed by atoms with Gasteiger partial charge in [-0.3, -0.25) is 5.32 Å². The highest BCUT2D eigenvalue weighted by Gasteiger charge is 2.44. The summed E-state index contributed by atoms with van der Waals surface area (Å²) >= 11 is 7.27. The van der Waals surface area contributed by atoms with Crippen LogP contribution in [-0.4, -0.2) is 47.0 Å². The summed E-state index contributed by atoms with van der Waals surface area (Å²) in [5.74, 6) is 0.349. The topological polar surface area (TPSA) is 63.7 Å². The van der Waals surface area contributed by atoms with E-state index in [1.165, 1.54) is 24.2 Å². The number of ether oxygens (including phenoxy) is 2. The van der Waals surface area contributed by atoms with Crippen LogP contribution in [0.1, 0.15) is 58.3 Å². The van der Waals surface area contributed by atoms with Crippen molar-refractivity contribution in [2.45, 2.75) is 76.2 Å². The number of carbonyl (C=O) groups is 1. The first-order valence-corrected chi connectivity index (χ1v) is 11.2. The highest BCUT2D eigenvalue weighted by Crippen LogP contribution is 2.39. The van der Waals surface area contributed by atoms with E-state index in [0.29, 0.717) is 28.7 Å². The van der Waals surface area contributed by atoms with Crippen molar-refractivity contribution in [3.8, 4) is 0 Å². The highest BCUT2D eigenvalue weighted by atomic mass is 35.5. The summed E-state index contributed by atoms with van der Waals surface area (Å²) in [6, 6.07) is 0.466. The third-order valence-electron chi connectivity index (χ3n) is 6.23. The lowest BCUT2D eigenvalue weighted by Gasteiger charge is -2.45. The molecule has 1 spiro atoms. The fourth-order valence-corrected chi connectivity index (χ4v) is 5.53. The molecule has 0 aromatic carbocycles. The minimum absolute atomic E-state index is 0.0465. The minimum atomic E-state index is -0.400. The molecule has 0 radical (unpaired) electrons. The Labute approximate surface area is 169 Å². The van der Waals surface area contributed by atoms with Crippen LogP contribution in [0.4, 0.5) is 9.93 Å². The molecule has 1 aromatic rings. The van der Waals surface area contributed by atoms with Crippen molar-refractivity contribution in [1.82, 2.24) is 9.88 Å². The number of nitrogens with zero attached hydrogens (tertiary/aromatic N) is 2. The van der Waals surface area contributed by atoms with Crippen LogP contribution in [-0.2, 0) is 9.47 Å². The van der Waals surface area contributed by atoms with Crippen molar-refractivity contribution in [3.05, 3.63) is 10.5 Å². The van der Waals surface area contributed by atoms with Crippen molar-refractivity contribution >= 4 is 34.1 Å². The average molecular weight is 414 g/mol. The zero-order valence-electron chi connectivity index (χ0n) is 15.8. The molecule has 150 valence electrons. The van der Waals surface area contributed by atoms with Gasteiger partial charge < -0.3 is 14.4 Å². The van der Waals surface area contributed by atoms with Gasteiger partial charge >= 0.3 is 6.03 Å². The van der Waals surface area contributed by atoms with Gasteiger partial charge in [0.25, 0.3) is 0 Å². The Hall–Kier alpha value is -0.890. The molecule has 3 aliphatic rings. The lowest BCUT2D eigenvalue weighted by molar-refractivity contribution is -0.183. The second-order valence-corrected chi connectivity index (χ2v) is 9.72. The van der Waals surface area contributed by atoms with Gasteiger partial charge in [0.05, 0.1) is 19.4 Å². The predicted octanol–water partition coefficient (Wildman–Crippen LogP) is 4.89. The predicted molar refractivity (Wildman–Crippen MR) is 106 cm³/mol. The lowest BCUT2D eigenvalue weighted by Crippen LogP contribution is -2.53. The molecule has 8 heteroatoms. The number of hydrogen-bond acceptors (Lipinski definition) is 5. The first kappa shape index (κ1) is 19.4. The first-order valence-electron chi connectivity index (χ1n) is 10.0. The maximum Gasteiger partial charge on any atom is 0.324 e. The summed E-state index contributed by atoms with van der Waals surface area (Å²) < 4.78 is 12.3. The Morgan fingerprint density at radius 1 is 1.19 bits per heavy atom. The average Bonchev–Trinajstić information content (AvgIpc) is 3.28. The Bertz CT molecular complexity index is 646. The van der Waals surface area contributed by atoms with Gasteiger partial charge in [-0.15, -0.1) is 0 Å². The number of aromatic nitrogens is 1. The van der Waals surface area contributed by atoms with E-state index < -0.39 is 5.79 Å². The van der Waals surface area contributed by atoms with Crippen LogP contribution in [0.15, 0.2) is 6.20 Å². The second-order valence-electron chi connectivity index (χ2n) is 8.06. The quantitative estimate of drug-likeness (QED) is 0.765. The monoisotopic (exact) mass is 413 g/mol. The van der Waals surface area contributed by atoms with Crippen LogP contribution in [0.3, 0.4) is 0 Å². The molecule has 2 heterocycles. The van der Waals surface area contributed by atoms with Gasteiger partial charge in [-0.25, -0.2) is 9.78 Å². The number of thiazole rings is 1. The maximum absolute atomic E-state index is 13.2. The first-order chi connectivity index (χ1) is 13.0. The SMILES string of the molecule is CC1CCC(N(C(=O)Nc2ncc(Cl)s2)C2CCC3(CC2)OCCO3)CC1. The fourth-order valence-electron chi connectivity index (χ4n) is 4.72. The van der Waals surface area contributed by atoms with Crippen molar-refractivity contribution < 1.29 is 14.3 Å². The van der Waals surface area contributed by atoms with E-state index in [2.05, 4.69) is 22.1 Å². The zero-order valence-corrected chi connectivity index (χ0v) is 17.4. The van der Waals surface area contributed by atoms with Gasteiger partial charge in [-0.05, 0) is 44.4 Å². The number of halogens is 1. The summed E-state index contributed by atoms with van der Waals surface area (Å²) in [5.41, 5.74) is 0. The molecule has 2 aliphatic carbocycles. The van der Waals surface area contributed by atoms with Gasteiger partial charge in [0.15, 0.2) is 10.9 Å². The van der Waals surface area contributed by atoms with E-state index in [1.807, 2.05) is 0 Å². The summed E-state index contributed by atoms with van der Waals surface area (Å²) in [6.07, 6.45) is 9.62. The standard InChI is InChI=1S/C19H28ClN3O3S/c1-13-2-4-14(5-3-13)23(18(24)22-17-21-12-16(20)27-17)15-6-8-19(9-7-15)25-10-11-26-19/h12-15H,2-11H2,1H3,(H,21,22,24). The van der Waals surface area contributed by atoms with Crippen molar-refractivity contribution in [3.63, 3.8) is 0 Å². The Kier molecular flexibility index (Phi) is 5.92. The van der Waals surface area contributed by atoms with Gasteiger partial charge in [-0.2, -0.15) is 0 Å². The van der Waals surface area contributed by atoms with Gasteiger partial charge in [0.2, 0.25) is 0 Å². The molecule has 4 rings (SSSR count). The fraction of sp³-hybridized carbons (Fsp3) is 0.789. The number of rotatable bonds is 3. The Morgan fingerprint density at radius 3 is 2.41 bits per heavy atom. The third kappa shape index (κ3) is 4.42. The smallest absolute Gasteiger partial charge is 0.324 e. The van der Waals surface area contributed by atoms with Crippen LogP contribution in [0.5, 0.6) is 0 Å². The summed E-state index contributed by atoms with van der Waals surface area (Å²) in [4.78, 5) is 19.5. The minimum Gasteiger partial charge on any atom is -0.348 e. The van der Waals surface area contributed by atoms with Crippen molar-refractivity contribution in [1.29, 1.82) is 0 Å². The largest absolute Gasteiger partial charge is 0.348 e. The molecule has 3 fully saturated rings. The van der Waals surface area contributed by atoms with Crippen LogP contribution < -0.4 is 5.32 Å². The molecule has 1 N–H and O–H groups in total. The summed E-state index contributed by atoms with van der Waals surface area (Å²) in [5, 5.41) is 3.54. The molecule has 6 nitrogen and oxygen atoms in total. The molecule has 2 amide bonds. The number of carbonyl (C=O) groups excluding carboxylic acids is 1. The molecule has 0 unspecified atom stereocenters. The molecule has 1 saturated heterocycles. The number of hydrogen-bond donors (Lipinski definition) is 1. The summed E-state index contributed by atoms with van der Waals surface area (Å²) in [7, 11) is 0. The molecule has 27 heavy (non-hydrogen) atoms. The summed E-state index contributed by atoms with van der Waals surface area (Å²) in [6.45, 7) is 3.66. The molecule has 2 saturated carbocycles. The van der Waals surface area contributed by atoms with Crippen LogP contribution in [0.25, 0.3) is 0 Å². The van der Waals surface area contributed by atoms with E-state index in [9.17, 15) is 4.79 Å². The van der Waals surface area contributed by atoms with E-state index >= 15 is 0 Å². The second kappa shape index (κ2) is 8.23. The van der Waals surface area contributed by atoms with Crippen molar-refractivity contribution in [2.75, 3.05) is 18.5 Å². The molecule has 0 bridgehead atoms. The van der Waals surface area contributed by atoms with E-state index in [-0.39, 0.29) is 12.1 Å². The molecule has 1 aliphatic heterocycles. The highest BCUT2D eigenvalue weighted by molar-refractivity contribution is 7.19. The molecule has 1 aromatic heterocycles. The Balaban J connectivity index is 1.46. The molecule has 0 atom stereocenters. The number of anilines is 1. The van der Waals surface area contributed by atoms with Crippen molar-refractivity contribution in [2.24, 2.45) is 5.92 Å². The Morgan fingerprint density at radius 2 is 1.81 bits per heavy atom. The van der Waals surface area contributed by atoms with E-state index in [1.54, 1.807) is 6.20 Å². The van der Waals surface area contributed by atoms with Crippen LogP contribution >= 0.6 is 22.9 Å². The zero-order chi connectivity index (χ0) is 18.9. The van der Waals surface area contributed by atoms with Gasteiger partial charge in [0.1, 0.15) is 4.34 Å². The normalized spacial score (nSPS) is 28.4. The third-order valence-corrected chi connectivity index (χ3v) is 7.26. The molecular weight excluding hydrogens is 386 g/mol. The lowest BCUT2D eigenvalue weighted by atomic mass is 9.83. The maximum atomic E-state index is 13.2. The number of nitrogens with one attached hydrogen (secondary N) is 1. The van der Waals surface area contributed by atoms with E-state index in [4.69, 9.17) is 21.1 Å². The van der Waals surface area contributed by atoms with Gasteiger partial charge in [-0.1, -0.05) is 29.9 Å². The molecular formula is C19H28ClN3O3S. The number of urea groups is 1. The van der Waals surface area contributed by atoms with Crippen LogP contribution in [0.2, 0.25) is 4.34 Å². The van der Waals surface area contributed by atoms with Gasteiger partial charge in [0, 0.05) is 24.9 Å². The van der Waals surface area contributed by atoms with Crippen LogP contribution in [0, 0.1) is 5.92 Å². The number of amides is 2.